The van der Waals surface area contributed by atoms with Gasteiger partial charge in [-0.15, -0.1) is 11.3 Å². The molecule has 2 N–H and O–H groups in total. The predicted octanol–water partition coefficient (Wildman–Crippen LogP) is 3.14. The zero-order valence-corrected chi connectivity index (χ0v) is 12.8. The summed E-state index contributed by atoms with van der Waals surface area (Å²) in [5.41, 5.74) is 6.62. The standard InChI is InChI=1S/C15H20N2O2S/c1-3-15(14(18)19-4-2)8-6-5-7-11-12(15)10(9-16)13(17)20-11/h3-8,17H2,1-2H3. The van der Waals surface area contributed by atoms with Crippen molar-refractivity contribution < 1.29 is 9.53 Å². The molecule has 0 saturated heterocycles. The van der Waals surface area contributed by atoms with Crippen molar-refractivity contribution in [1.29, 1.82) is 5.26 Å². The van der Waals surface area contributed by atoms with Gasteiger partial charge < -0.3 is 10.5 Å². The maximum Gasteiger partial charge on any atom is 0.316 e. The van der Waals surface area contributed by atoms with Gasteiger partial charge in [-0.05, 0) is 32.6 Å². The van der Waals surface area contributed by atoms with Gasteiger partial charge in [-0.2, -0.15) is 5.26 Å². The average molecular weight is 292 g/mol. The Bertz CT molecular complexity index is 559. The third-order valence-electron chi connectivity index (χ3n) is 4.13. The molecule has 0 radical (unpaired) electrons. The number of esters is 1. The summed E-state index contributed by atoms with van der Waals surface area (Å²) in [5, 5.41) is 9.95. The second-order valence-corrected chi connectivity index (χ2v) is 6.25. The molecule has 0 spiro atoms. The van der Waals surface area contributed by atoms with Crippen LogP contribution in [0.1, 0.15) is 55.5 Å². The topological polar surface area (TPSA) is 76.1 Å². The first kappa shape index (κ1) is 14.9. The molecule has 0 amide bonds. The number of rotatable bonds is 3. The number of hydrogen-bond donors (Lipinski definition) is 1. The number of nitriles is 1. The van der Waals surface area contributed by atoms with Crippen molar-refractivity contribution in [1.82, 2.24) is 0 Å². The number of nitrogen functional groups attached to an aromatic ring is 1. The minimum absolute atomic E-state index is 0.208. The number of hydrogen-bond acceptors (Lipinski definition) is 5. The van der Waals surface area contributed by atoms with Crippen LogP contribution in [0, 0.1) is 11.3 Å². The van der Waals surface area contributed by atoms with Gasteiger partial charge in [0.1, 0.15) is 11.1 Å². The molecule has 1 aliphatic carbocycles. The fraction of sp³-hybridized carbons (Fsp3) is 0.600. The lowest BCUT2D eigenvalue weighted by molar-refractivity contribution is -0.150. The van der Waals surface area contributed by atoms with Crippen LogP contribution >= 0.6 is 11.3 Å². The number of thiophene rings is 1. The molecule has 20 heavy (non-hydrogen) atoms. The van der Waals surface area contributed by atoms with Crippen molar-refractivity contribution in [2.24, 2.45) is 0 Å². The molecule has 1 heterocycles. The fourth-order valence-corrected chi connectivity index (χ4v) is 4.26. The predicted molar refractivity (Wildman–Crippen MR) is 79.6 cm³/mol. The van der Waals surface area contributed by atoms with E-state index in [1.807, 2.05) is 13.8 Å². The van der Waals surface area contributed by atoms with Crippen LogP contribution in [0.3, 0.4) is 0 Å². The number of fused-ring (bicyclic) bond motifs is 1. The number of nitrogens with two attached hydrogens (primary N) is 1. The van der Waals surface area contributed by atoms with Gasteiger partial charge in [-0.1, -0.05) is 13.3 Å². The Kier molecular flexibility index (Phi) is 4.34. The Hall–Kier alpha value is -1.54. The molecule has 1 atom stereocenters. The van der Waals surface area contributed by atoms with E-state index in [-0.39, 0.29) is 5.97 Å². The molecule has 108 valence electrons. The number of carbonyl (C=O) groups is 1. The van der Waals surface area contributed by atoms with Gasteiger partial charge in [0.15, 0.2) is 0 Å². The van der Waals surface area contributed by atoms with Crippen molar-refractivity contribution in [3.8, 4) is 6.07 Å². The van der Waals surface area contributed by atoms with Gasteiger partial charge in [-0.3, -0.25) is 4.79 Å². The lowest BCUT2D eigenvalue weighted by Crippen LogP contribution is -2.37. The van der Waals surface area contributed by atoms with Gasteiger partial charge in [0.2, 0.25) is 0 Å². The lowest BCUT2D eigenvalue weighted by atomic mass is 9.74. The summed E-state index contributed by atoms with van der Waals surface area (Å²) in [6.45, 7) is 4.16. The first-order valence-electron chi connectivity index (χ1n) is 7.09. The third kappa shape index (κ3) is 2.18. The Morgan fingerprint density at radius 1 is 1.50 bits per heavy atom. The van der Waals surface area contributed by atoms with E-state index in [9.17, 15) is 10.1 Å². The first-order valence-corrected chi connectivity index (χ1v) is 7.91. The molecule has 0 aromatic carbocycles. The largest absolute Gasteiger partial charge is 0.465 e. The van der Waals surface area contributed by atoms with Crippen molar-refractivity contribution in [2.45, 2.75) is 51.4 Å². The molecular formula is C15H20N2O2S. The van der Waals surface area contributed by atoms with Crippen LogP contribution in [-0.4, -0.2) is 12.6 Å². The summed E-state index contributed by atoms with van der Waals surface area (Å²) in [5.74, 6) is -0.208. The van der Waals surface area contributed by atoms with E-state index in [1.54, 1.807) is 0 Å². The van der Waals surface area contributed by atoms with Crippen molar-refractivity contribution in [2.75, 3.05) is 12.3 Å². The van der Waals surface area contributed by atoms with Crippen molar-refractivity contribution in [3.63, 3.8) is 0 Å². The van der Waals surface area contributed by atoms with Crippen LogP contribution in [0.15, 0.2) is 0 Å². The molecule has 1 aromatic heterocycles. The molecular weight excluding hydrogens is 272 g/mol. The Morgan fingerprint density at radius 3 is 2.85 bits per heavy atom. The Labute approximate surface area is 123 Å². The van der Waals surface area contributed by atoms with Gasteiger partial charge in [0, 0.05) is 10.4 Å². The summed E-state index contributed by atoms with van der Waals surface area (Å²) in [6.07, 6.45) is 4.27. The molecule has 1 aliphatic rings. The van der Waals surface area contributed by atoms with Crippen LogP contribution in [0.4, 0.5) is 5.00 Å². The SMILES string of the molecule is CCOC(=O)C1(CC)CCCCc2sc(N)c(C#N)c21. The Balaban J connectivity index is 2.65. The monoisotopic (exact) mass is 292 g/mol. The summed E-state index contributed by atoms with van der Waals surface area (Å²) >= 11 is 1.46. The molecule has 4 nitrogen and oxygen atoms in total. The minimum atomic E-state index is -0.693. The van der Waals surface area contributed by atoms with Gasteiger partial charge in [-0.25, -0.2) is 0 Å². The number of ether oxygens (including phenoxy) is 1. The summed E-state index contributed by atoms with van der Waals surface area (Å²) < 4.78 is 5.31. The molecule has 0 aliphatic heterocycles. The highest BCUT2D eigenvalue weighted by molar-refractivity contribution is 7.16. The highest BCUT2D eigenvalue weighted by atomic mass is 32.1. The molecule has 0 fully saturated rings. The molecule has 1 aromatic rings. The highest BCUT2D eigenvalue weighted by Gasteiger charge is 2.45. The first-order chi connectivity index (χ1) is 9.60. The fourth-order valence-electron chi connectivity index (χ4n) is 3.10. The van der Waals surface area contributed by atoms with Gasteiger partial charge >= 0.3 is 5.97 Å². The van der Waals surface area contributed by atoms with E-state index in [0.29, 0.717) is 23.6 Å². The maximum absolute atomic E-state index is 12.6. The molecule has 5 heteroatoms. The van der Waals surface area contributed by atoms with Crippen LogP contribution < -0.4 is 5.73 Å². The maximum atomic E-state index is 12.6. The summed E-state index contributed by atoms with van der Waals surface area (Å²) in [7, 11) is 0. The summed E-state index contributed by atoms with van der Waals surface area (Å²) in [4.78, 5) is 13.7. The number of carbonyl (C=O) groups excluding carboxylic acids is 1. The van der Waals surface area contributed by atoms with E-state index in [1.165, 1.54) is 11.3 Å². The van der Waals surface area contributed by atoms with Gasteiger partial charge in [0.25, 0.3) is 0 Å². The van der Waals surface area contributed by atoms with Crippen LogP contribution in [0.2, 0.25) is 0 Å². The highest BCUT2D eigenvalue weighted by Crippen LogP contribution is 2.46. The minimum Gasteiger partial charge on any atom is -0.465 e. The van der Waals surface area contributed by atoms with Gasteiger partial charge in [0.05, 0.1) is 17.6 Å². The quantitative estimate of drug-likeness (QED) is 0.686. The van der Waals surface area contributed by atoms with E-state index < -0.39 is 5.41 Å². The number of anilines is 1. The molecule has 0 saturated carbocycles. The molecule has 0 bridgehead atoms. The number of nitrogens with zero attached hydrogens (tertiary/aromatic N) is 1. The van der Waals surface area contributed by atoms with Crippen molar-refractivity contribution in [3.05, 3.63) is 16.0 Å². The number of aryl methyl sites for hydroxylation is 1. The summed E-state index contributed by atoms with van der Waals surface area (Å²) in [6, 6.07) is 2.19. The van der Waals surface area contributed by atoms with Crippen LogP contribution in [0.25, 0.3) is 0 Å². The Morgan fingerprint density at radius 2 is 2.25 bits per heavy atom. The second-order valence-electron chi connectivity index (χ2n) is 5.11. The zero-order valence-electron chi connectivity index (χ0n) is 12.0. The average Bonchev–Trinajstić information content (AvgIpc) is 2.64. The van der Waals surface area contributed by atoms with Crippen LogP contribution in [0.5, 0.6) is 0 Å². The molecule has 1 unspecified atom stereocenters. The zero-order chi connectivity index (χ0) is 14.8. The van der Waals surface area contributed by atoms with E-state index in [2.05, 4.69) is 6.07 Å². The normalized spacial score (nSPS) is 21.6. The second kappa shape index (κ2) is 5.84. The lowest BCUT2D eigenvalue weighted by Gasteiger charge is -2.30. The third-order valence-corrected chi connectivity index (χ3v) is 5.20. The molecule has 2 rings (SSSR count). The van der Waals surface area contributed by atoms with E-state index in [4.69, 9.17) is 10.5 Å². The van der Waals surface area contributed by atoms with Crippen LogP contribution in [-0.2, 0) is 21.4 Å². The smallest absolute Gasteiger partial charge is 0.316 e. The van der Waals surface area contributed by atoms with Crippen molar-refractivity contribution >= 4 is 22.3 Å². The van der Waals surface area contributed by atoms with E-state index in [0.717, 1.165) is 36.1 Å². The van der Waals surface area contributed by atoms with E-state index >= 15 is 0 Å².